The standard InChI is InChI=1S/C13H18Br2N2O2S/c1-13(16-2)5-7-17(8-6-13)20(18,19)12-4-3-10(14)9-11(12)15/h3-4,9,16H,5-8H2,1-2H3. The maximum Gasteiger partial charge on any atom is 0.244 e. The molecule has 0 saturated carbocycles. The molecule has 0 bridgehead atoms. The van der Waals surface area contributed by atoms with Crippen molar-refractivity contribution < 1.29 is 8.42 Å². The third kappa shape index (κ3) is 3.27. The highest BCUT2D eigenvalue weighted by molar-refractivity contribution is 9.11. The minimum Gasteiger partial charge on any atom is -0.314 e. The van der Waals surface area contributed by atoms with E-state index < -0.39 is 10.0 Å². The van der Waals surface area contributed by atoms with Crippen LogP contribution in [0.15, 0.2) is 32.0 Å². The van der Waals surface area contributed by atoms with Crippen molar-refractivity contribution in [1.82, 2.24) is 9.62 Å². The quantitative estimate of drug-likeness (QED) is 0.809. The van der Waals surface area contributed by atoms with Gasteiger partial charge in [-0.1, -0.05) is 15.9 Å². The normalized spacial score (nSPS) is 20.0. The number of hydrogen-bond acceptors (Lipinski definition) is 3. The van der Waals surface area contributed by atoms with Gasteiger partial charge in [-0.15, -0.1) is 0 Å². The molecule has 20 heavy (non-hydrogen) atoms. The number of rotatable bonds is 3. The van der Waals surface area contributed by atoms with Crippen LogP contribution in [0.4, 0.5) is 0 Å². The molecule has 1 aromatic rings. The van der Waals surface area contributed by atoms with Gasteiger partial charge in [0.1, 0.15) is 0 Å². The molecule has 0 aliphatic carbocycles. The highest BCUT2D eigenvalue weighted by Gasteiger charge is 2.35. The molecule has 1 aliphatic heterocycles. The molecule has 0 aromatic heterocycles. The van der Waals surface area contributed by atoms with Gasteiger partial charge in [-0.25, -0.2) is 8.42 Å². The maximum absolute atomic E-state index is 12.7. The number of piperidine rings is 1. The van der Waals surface area contributed by atoms with E-state index >= 15 is 0 Å². The minimum atomic E-state index is -3.43. The third-order valence-corrected chi connectivity index (χ3v) is 7.31. The molecule has 1 aromatic carbocycles. The van der Waals surface area contributed by atoms with Crippen LogP contribution in [-0.4, -0.2) is 38.4 Å². The van der Waals surface area contributed by atoms with Crippen molar-refractivity contribution in [3.63, 3.8) is 0 Å². The first-order valence-electron chi connectivity index (χ1n) is 6.43. The van der Waals surface area contributed by atoms with E-state index in [9.17, 15) is 8.42 Å². The Balaban J connectivity index is 2.24. The van der Waals surface area contributed by atoms with Crippen LogP contribution in [0, 0.1) is 0 Å². The Morgan fingerprint density at radius 3 is 2.35 bits per heavy atom. The molecule has 1 heterocycles. The van der Waals surface area contributed by atoms with E-state index in [4.69, 9.17) is 0 Å². The van der Waals surface area contributed by atoms with E-state index in [1.807, 2.05) is 7.05 Å². The summed E-state index contributed by atoms with van der Waals surface area (Å²) in [5.74, 6) is 0. The van der Waals surface area contributed by atoms with Gasteiger partial charge in [0, 0.05) is 27.6 Å². The topological polar surface area (TPSA) is 49.4 Å². The lowest BCUT2D eigenvalue weighted by atomic mass is 9.91. The number of nitrogens with one attached hydrogen (secondary N) is 1. The lowest BCUT2D eigenvalue weighted by Crippen LogP contribution is -2.51. The van der Waals surface area contributed by atoms with Gasteiger partial charge < -0.3 is 5.32 Å². The molecule has 0 amide bonds. The second-order valence-corrected chi connectivity index (χ2v) is 8.97. The molecule has 0 atom stereocenters. The molecule has 7 heteroatoms. The zero-order valence-corrected chi connectivity index (χ0v) is 15.5. The van der Waals surface area contributed by atoms with Gasteiger partial charge in [-0.3, -0.25) is 0 Å². The molecular weight excluding hydrogens is 408 g/mol. The summed E-state index contributed by atoms with van der Waals surface area (Å²) < 4.78 is 28.4. The zero-order valence-electron chi connectivity index (χ0n) is 11.5. The van der Waals surface area contributed by atoms with E-state index in [0.717, 1.165) is 17.3 Å². The first-order valence-corrected chi connectivity index (χ1v) is 9.45. The number of hydrogen-bond donors (Lipinski definition) is 1. The molecule has 1 N–H and O–H groups in total. The SMILES string of the molecule is CNC1(C)CCN(S(=O)(=O)c2ccc(Br)cc2Br)CC1. The van der Waals surface area contributed by atoms with Crippen LogP contribution in [-0.2, 0) is 10.0 Å². The summed E-state index contributed by atoms with van der Waals surface area (Å²) in [4.78, 5) is 0.328. The van der Waals surface area contributed by atoms with Gasteiger partial charge in [0.2, 0.25) is 10.0 Å². The summed E-state index contributed by atoms with van der Waals surface area (Å²) in [6.45, 7) is 3.22. The number of halogens is 2. The lowest BCUT2D eigenvalue weighted by Gasteiger charge is -2.38. The average Bonchev–Trinajstić information content (AvgIpc) is 2.39. The molecule has 0 unspecified atom stereocenters. The fourth-order valence-electron chi connectivity index (χ4n) is 2.29. The van der Waals surface area contributed by atoms with Crippen LogP contribution in [0.3, 0.4) is 0 Å². The van der Waals surface area contributed by atoms with E-state index in [-0.39, 0.29) is 5.54 Å². The van der Waals surface area contributed by atoms with Crippen molar-refractivity contribution in [3.8, 4) is 0 Å². The summed E-state index contributed by atoms with van der Waals surface area (Å²) in [6.07, 6.45) is 1.63. The van der Waals surface area contributed by atoms with Crippen LogP contribution < -0.4 is 5.32 Å². The second kappa shape index (κ2) is 6.04. The maximum atomic E-state index is 12.7. The van der Waals surface area contributed by atoms with E-state index in [1.165, 1.54) is 0 Å². The Morgan fingerprint density at radius 1 is 1.25 bits per heavy atom. The number of benzene rings is 1. The van der Waals surface area contributed by atoms with Crippen molar-refractivity contribution in [2.24, 2.45) is 0 Å². The van der Waals surface area contributed by atoms with Crippen LogP contribution in [0.5, 0.6) is 0 Å². The Morgan fingerprint density at radius 2 is 1.85 bits per heavy atom. The molecule has 1 fully saturated rings. The van der Waals surface area contributed by atoms with Crippen molar-refractivity contribution in [1.29, 1.82) is 0 Å². The van der Waals surface area contributed by atoms with Crippen molar-refractivity contribution in [2.45, 2.75) is 30.2 Å². The van der Waals surface area contributed by atoms with Crippen LogP contribution in [0.25, 0.3) is 0 Å². The molecule has 0 spiro atoms. The van der Waals surface area contributed by atoms with E-state index in [1.54, 1.807) is 22.5 Å². The largest absolute Gasteiger partial charge is 0.314 e. The van der Waals surface area contributed by atoms with E-state index in [2.05, 4.69) is 44.1 Å². The first-order chi connectivity index (χ1) is 9.28. The predicted molar refractivity (Wildman–Crippen MR) is 87.3 cm³/mol. The third-order valence-electron chi connectivity index (χ3n) is 3.94. The van der Waals surface area contributed by atoms with Crippen molar-refractivity contribution in [2.75, 3.05) is 20.1 Å². The Kier molecular flexibility index (Phi) is 4.96. The Hall–Kier alpha value is 0.0500. The summed E-state index contributed by atoms with van der Waals surface area (Å²) >= 11 is 6.67. The van der Waals surface area contributed by atoms with Gasteiger partial charge in [0.25, 0.3) is 0 Å². The average molecular weight is 426 g/mol. The van der Waals surface area contributed by atoms with Gasteiger partial charge in [0.05, 0.1) is 4.90 Å². The molecule has 112 valence electrons. The Bertz CT molecular complexity index is 596. The second-order valence-electron chi connectivity index (χ2n) is 5.29. The minimum absolute atomic E-state index is 0.0307. The van der Waals surface area contributed by atoms with E-state index in [0.29, 0.717) is 22.5 Å². The highest BCUT2D eigenvalue weighted by Crippen LogP contribution is 2.31. The van der Waals surface area contributed by atoms with Gasteiger partial charge in [0.15, 0.2) is 0 Å². The number of nitrogens with zero attached hydrogens (tertiary/aromatic N) is 1. The first kappa shape index (κ1) is 16.4. The predicted octanol–water partition coefficient (Wildman–Crippen LogP) is 2.97. The smallest absolute Gasteiger partial charge is 0.244 e. The summed E-state index contributed by atoms with van der Waals surface area (Å²) in [5, 5.41) is 3.27. The van der Waals surface area contributed by atoms with Crippen molar-refractivity contribution in [3.05, 3.63) is 27.1 Å². The fourth-order valence-corrected chi connectivity index (χ4v) is 5.44. The monoisotopic (exact) mass is 424 g/mol. The fraction of sp³-hybridized carbons (Fsp3) is 0.538. The molecule has 1 aliphatic rings. The van der Waals surface area contributed by atoms with Crippen LogP contribution in [0.1, 0.15) is 19.8 Å². The molecule has 0 radical (unpaired) electrons. The van der Waals surface area contributed by atoms with Gasteiger partial charge >= 0.3 is 0 Å². The number of sulfonamides is 1. The molecule has 1 saturated heterocycles. The van der Waals surface area contributed by atoms with Crippen molar-refractivity contribution >= 4 is 41.9 Å². The molecule has 2 rings (SSSR count). The highest BCUT2D eigenvalue weighted by atomic mass is 79.9. The summed E-state index contributed by atoms with van der Waals surface area (Å²) in [6, 6.07) is 5.14. The lowest BCUT2D eigenvalue weighted by molar-refractivity contribution is 0.219. The molecule has 4 nitrogen and oxygen atoms in total. The summed E-state index contributed by atoms with van der Waals surface area (Å²) in [7, 11) is -1.50. The van der Waals surface area contributed by atoms with Gasteiger partial charge in [-0.05, 0) is 60.9 Å². The summed E-state index contributed by atoms with van der Waals surface area (Å²) in [5.41, 5.74) is 0.0307. The van der Waals surface area contributed by atoms with Crippen LogP contribution >= 0.6 is 31.9 Å². The Labute approximate surface area is 137 Å². The van der Waals surface area contributed by atoms with Crippen LogP contribution in [0.2, 0.25) is 0 Å². The van der Waals surface area contributed by atoms with Gasteiger partial charge in [-0.2, -0.15) is 4.31 Å². The molecular formula is C13H18Br2N2O2S. The zero-order chi connectivity index (χ0) is 15.0.